The molecule has 1 N–H and O–H groups in total. The first-order chi connectivity index (χ1) is 9.37. The molecule has 1 aromatic rings. The Morgan fingerprint density at radius 3 is 2.40 bits per heavy atom. The number of sulfonamides is 1. The topological polar surface area (TPSA) is 66.5 Å². The van der Waals surface area contributed by atoms with Crippen molar-refractivity contribution in [2.45, 2.75) is 31.6 Å². The Morgan fingerprint density at radius 2 is 1.85 bits per heavy atom. The van der Waals surface area contributed by atoms with E-state index in [0.717, 1.165) is 12.0 Å². The van der Waals surface area contributed by atoms with Crippen molar-refractivity contribution in [1.82, 2.24) is 9.62 Å². The second-order valence-electron chi connectivity index (χ2n) is 4.74. The van der Waals surface area contributed by atoms with Crippen molar-refractivity contribution < 1.29 is 13.2 Å². The summed E-state index contributed by atoms with van der Waals surface area (Å²) in [5, 5.41) is 2.70. The maximum Gasteiger partial charge on any atom is 0.242 e. The minimum atomic E-state index is -3.48. The number of amides is 1. The van der Waals surface area contributed by atoms with E-state index in [9.17, 15) is 13.2 Å². The lowest BCUT2D eigenvalue weighted by atomic mass is 10.2. The third-order valence-corrected chi connectivity index (χ3v) is 4.83. The summed E-state index contributed by atoms with van der Waals surface area (Å²) in [5.41, 5.74) is 1.01. The van der Waals surface area contributed by atoms with E-state index >= 15 is 0 Å². The third-order valence-electron chi connectivity index (χ3n) is 2.96. The zero-order valence-electron chi connectivity index (χ0n) is 12.2. The van der Waals surface area contributed by atoms with Crippen molar-refractivity contribution in [2.24, 2.45) is 0 Å². The van der Waals surface area contributed by atoms with Gasteiger partial charge in [0.2, 0.25) is 15.9 Å². The fourth-order valence-corrected chi connectivity index (χ4v) is 2.85. The molecule has 0 saturated heterocycles. The standard InChI is InChI=1S/C14H22N2O3S/c1-4-5-14(17)15-10-11-16(3)20(18,19)13-8-6-12(2)7-9-13/h6-9H,4-5,10-11H2,1-3H3,(H,15,17). The fourth-order valence-electron chi connectivity index (χ4n) is 1.68. The maximum absolute atomic E-state index is 12.3. The van der Waals surface area contributed by atoms with E-state index in [1.54, 1.807) is 24.3 Å². The number of nitrogens with zero attached hydrogens (tertiary/aromatic N) is 1. The van der Waals surface area contributed by atoms with Gasteiger partial charge in [-0.1, -0.05) is 24.6 Å². The first-order valence-electron chi connectivity index (χ1n) is 6.67. The van der Waals surface area contributed by atoms with E-state index in [2.05, 4.69) is 5.32 Å². The molecular formula is C14H22N2O3S. The molecule has 0 spiro atoms. The Hall–Kier alpha value is -1.40. The van der Waals surface area contributed by atoms with E-state index in [4.69, 9.17) is 0 Å². The highest BCUT2D eigenvalue weighted by molar-refractivity contribution is 7.89. The summed E-state index contributed by atoms with van der Waals surface area (Å²) >= 11 is 0. The molecule has 0 fully saturated rings. The summed E-state index contributed by atoms with van der Waals surface area (Å²) in [6.07, 6.45) is 1.25. The molecule has 6 heteroatoms. The molecule has 0 radical (unpaired) electrons. The van der Waals surface area contributed by atoms with Gasteiger partial charge in [0.1, 0.15) is 0 Å². The monoisotopic (exact) mass is 298 g/mol. The van der Waals surface area contributed by atoms with Gasteiger partial charge >= 0.3 is 0 Å². The number of benzene rings is 1. The van der Waals surface area contributed by atoms with Crippen LogP contribution in [0.2, 0.25) is 0 Å². The molecular weight excluding hydrogens is 276 g/mol. The van der Waals surface area contributed by atoms with Crippen molar-refractivity contribution in [2.75, 3.05) is 20.1 Å². The molecule has 0 aliphatic heterocycles. The molecule has 0 bridgehead atoms. The van der Waals surface area contributed by atoms with E-state index < -0.39 is 10.0 Å². The van der Waals surface area contributed by atoms with Crippen molar-refractivity contribution in [3.8, 4) is 0 Å². The summed E-state index contributed by atoms with van der Waals surface area (Å²) in [7, 11) is -1.97. The summed E-state index contributed by atoms with van der Waals surface area (Å²) in [5.74, 6) is -0.0476. The van der Waals surface area contributed by atoms with E-state index in [0.29, 0.717) is 13.0 Å². The highest BCUT2D eigenvalue weighted by Gasteiger charge is 2.20. The van der Waals surface area contributed by atoms with Crippen LogP contribution in [0.5, 0.6) is 0 Å². The lowest BCUT2D eigenvalue weighted by Crippen LogP contribution is -2.36. The van der Waals surface area contributed by atoms with Gasteiger partial charge in [-0.25, -0.2) is 8.42 Å². The number of rotatable bonds is 7. The van der Waals surface area contributed by atoms with E-state index in [1.165, 1.54) is 11.4 Å². The lowest BCUT2D eigenvalue weighted by molar-refractivity contribution is -0.121. The molecule has 0 aliphatic carbocycles. The largest absolute Gasteiger partial charge is 0.355 e. The zero-order valence-corrected chi connectivity index (χ0v) is 13.0. The van der Waals surface area contributed by atoms with Crippen molar-refractivity contribution >= 4 is 15.9 Å². The average molecular weight is 298 g/mol. The van der Waals surface area contributed by atoms with Gasteiger partial charge in [0.15, 0.2) is 0 Å². The van der Waals surface area contributed by atoms with Crippen LogP contribution in [0.1, 0.15) is 25.3 Å². The molecule has 5 nitrogen and oxygen atoms in total. The molecule has 0 aliphatic rings. The molecule has 0 saturated carbocycles. The number of aryl methyl sites for hydroxylation is 1. The van der Waals surface area contributed by atoms with Gasteiger partial charge in [0.05, 0.1) is 4.90 Å². The van der Waals surface area contributed by atoms with Gasteiger partial charge in [-0.3, -0.25) is 4.79 Å². The minimum Gasteiger partial charge on any atom is -0.355 e. The summed E-state index contributed by atoms with van der Waals surface area (Å²) < 4.78 is 25.8. The van der Waals surface area contributed by atoms with E-state index in [-0.39, 0.29) is 17.3 Å². The van der Waals surface area contributed by atoms with Crippen LogP contribution in [-0.2, 0) is 14.8 Å². The van der Waals surface area contributed by atoms with E-state index in [1.807, 2.05) is 13.8 Å². The van der Waals surface area contributed by atoms with Crippen molar-refractivity contribution in [1.29, 1.82) is 0 Å². The van der Waals surface area contributed by atoms with Crippen LogP contribution in [0.25, 0.3) is 0 Å². The smallest absolute Gasteiger partial charge is 0.242 e. The number of hydrogen-bond acceptors (Lipinski definition) is 3. The van der Waals surface area contributed by atoms with Crippen LogP contribution >= 0.6 is 0 Å². The van der Waals surface area contributed by atoms with Gasteiger partial charge in [-0.05, 0) is 25.5 Å². The lowest BCUT2D eigenvalue weighted by Gasteiger charge is -2.17. The molecule has 1 amide bonds. The molecule has 0 atom stereocenters. The number of hydrogen-bond donors (Lipinski definition) is 1. The predicted octanol–water partition coefficient (Wildman–Crippen LogP) is 1.53. The summed E-state index contributed by atoms with van der Waals surface area (Å²) in [6.45, 7) is 4.41. The first kappa shape index (κ1) is 16.7. The molecule has 1 rings (SSSR count). The SMILES string of the molecule is CCCC(=O)NCCN(C)S(=O)(=O)c1ccc(C)cc1. The van der Waals surface area contributed by atoms with Gasteiger partial charge in [0.25, 0.3) is 0 Å². The Kier molecular flexibility index (Phi) is 6.16. The summed E-state index contributed by atoms with van der Waals surface area (Å²) in [6, 6.07) is 6.72. The number of carbonyl (C=O) groups is 1. The van der Waals surface area contributed by atoms with Gasteiger partial charge in [0, 0.05) is 26.6 Å². The maximum atomic E-state index is 12.3. The number of nitrogens with one attached hydrogen (secondary N) is 1. The highest BCUT2D eigenvalue weighted by atomic mass is 32.2. The number of carbonyl (C=O) groups excluding carboxylic acids is 1. The second-order valence-corrected chi connectivity index (χ2v) is 6.78. The molecule has 0 heterocycles. The minimum absolute atomic E-state index is 0.0476. The predicted molar refractivity (Wildman–Crippen MR) is 78.9 cm³/mol. The average Bonchev–Trinajstić information content (AvgIpc) is 2.39. The molecule has 112 valence electrons. The Balaban J connectivity index is 2.59. The zero-order chi connectivity index (χ0) is 15.2. The van der Waals surface area contributed by atoms with Crippen LogP contribution in [0.3, 0.4) is 0 Å². The molecule has 0 aromatic heterocycles. The fraction of sp³-hybridized carbons (Fsp3) is 0.500. The third kappa shape index (κ3) is 4.61. The Bertz CT molecular complexity index is 538. The molecule has 20 heavy (non-hydrogen) atoms. The van der Waals surface area contributed by atoms with Crippen LogP contribution < -0.4 is 5.32 Å². The highest BCUT2D eigenvalue weighted by Crippen LogP contribution is 2.14. The Morgan fingerprint density at radius 1 is 1.25 bits per heavy atom. The first-order valence-corrected chi connectivity index (χ1v) is 8.11. The van der Waals surface area contributed by atoms with Gasteiger partial charge in [-0.2, -0.15) is 4.31 Å². The quantitative estimate of drug-likeness (QED) is 0.830. The van der Waals surface area contributed by atoms with Crippen LogP contribution in [0.15, 0.2) is 29.2 Å². The van der Waals surface area contributed by atoms with Crippen LogP contribution in [-0.4, -0.2) is 38.8 Å². The Labute approximate surface area is 121 Å². The second kappa shape index (κ2) is 7.40. The molecule has 1 aromatic carbocycles. The number of likely N-dealkylation sites (N-methyl/N-ethyl adjacent to an activating group) is 1. The van der Waals surface area contributed by atoms with Gasteiger partial charge in [-0.15, -0.1) is 0 Å². The van der Waals surface area contributed by atoms with Crippen LogP contribution in [0.4, 0.5) is 0 Å². The van der Waals surface area contributed by atoms with Crippen molar-refractivity contribution in [3.05, 3.63) is 29.8 Å². The normalized spacial score (nSPS) is 11.6. The molecule has 0 unspecified atom stereocenters. The van der Waals surface area contributed by atoms with Gasteiger partial charge < -0.3 is 5.32 Å². The van der Waals surface area contributed by atoms with Crippen LogP contribution in [0, 0.1) is 6.92 Å². The van der Waals surface area contributed by atoms with Crippen molar-refractivity contribution in [3.63, 3.8) is 0 Å². The summed E-state index contributed by atoms with van der Waals surface area (Å²) in [4.78, 5) is 11.6.